The molecule has 0 saturated heterocycles. The molecule has 9 nitrogen and oxygen atoms in total. The van der Waals surface area contributed by atoms with Gasteiger partial charge in [-0.1, -0.05) is 32.6 Å². The Morgan fingerprint density at radius 3 is 2.77 bits per heavy atom. The number of aromatic nitrogens is 4. The molecule has 1 amide bonds. The molecule has 1 aromatic carbocycles. The van der Waals surface area contributed by atoms with E-state index < -0.39 is 5.91 Å². The van der Waals surface area contributed by atoms with Crippen LogP contribution >= 0.6 is 0 Å². The SMILES string of the molecule is [C-]#[N+]c1nn(-c2ccc(C(C)C)cc2)cc1NC(=O)c1coc(-c2ccnc(NCC3CC3)c2)n1. The van der Waals surface area contributed by atoms with E-state index in [-0.39, 0.29) is 11.5 Å². The fourth-order valence-corrected chi connectivity index (χ4v) is 3.61. The Bertz CT molecular complexity index is 1390. The molecule has 0 unspecified atom stereocenters. The molecule has 2 N–H and O–H groups in total. The van der Waals surface area contributed by atoms with Crippen LogP contribution in [0, 0.1) is 12.5 Å². The number of hydrogen-bond donors (Lipinski definition) is 2. The van der Waals surface area contributed by atoms with Crippen molar-refractivity contribution in [3.05, 3.63) is 77.7 Å². The molecule has 1 saturated carbocycles. The molecule has 176 valence electrons. The molecule has 1 aliphatic rings. The van der Waals surface area contributed by atoms with Gasteiger partial charge in [0.2, 0.25) is 5.89 Å². The largest absolute Gasteiger partial charge is 0.444 e. The van der Waals surface area contributed by atoms with E-state index in [4.69, 9.17) is 11.0 Å². The second kappa shape index (κ2) is 9.43. The lowest BCUT2D eigenvalue weighted by Gasteiger charge is -2.05. The molecular formula is C26H25N7O2. The number of anilines is 2. The van der Waals surface area contributed by atoms with Gasteiger partial charge in [0.05, 0.1) is 17.6 Å². The molecule has 3 aromatic heterocycles. The van der Waals surface area contributed by atoms with Gasteiger partial charge >= 0.3 is 5.82 Å². The monoisotopic (exact) mass is 467 g/mol. The summed E-state index contributed by atoms with van der Waals surface area (Å²) in [4.78, 5) is 25.0. The fraction of sp³-hybridized carbons (Fsp3) is 0.269. The molecule has 0 aliphatic heterocycles. The summed E-state index contributed by atoms with van der Waals surface area (Å²) < 4.78 is 7.13. The maximum absolute atomic E-state index is 12.8. The van der Waals surface area contributed by atoms with Crippen molar-refractivity contribution in [3.8, 4) is 17.1 Å². The molecule has 35 heavy (non-hydrogen) atoms. The van der Waals surface area contributed by atoms with Crippen molar-refractivity contribution in [2.45, 2.75) is 32.6 Å². The third-order valence-electron chi connectivity index (χ3n) is 5.89. The van der Waals surface area contributed by atoms with Crippen LogP contribution in [-0.4, -0.2) is 32.2 Å². The Hall–Kier alpha value is -4.45. The van der Waals surface area contributed by atoms with Crippen LogP contribution in [0.15, 0.2) is 59.5 Å². The van der Waals surface area contributed by atoms with E-state index in [1.54, 1.807) is 23.1 Å². The number of hydrogen-bond acceptors (Lipinski definition) is 6. The molecule has 0 bridgehead atoms. The summed E-state index contributed by atoms with van der Waals surface area (Å²) >= 11 is 0. The highest BCUT2D eigenvalue weighted by atomic mass is 16.3. The van der Waals surface area contributed by atoms with E-state index in [9.17, 15) is 4.79 Å². The first-order valence-electron chi connectivity index (χ1n) is 11.5. The minimum absolute atomic E-state index is 0.0931. The van der Waals surface area contributed by atoms with Crippen molar-refractivity contribution < 1.29 is 9.21 Å². The molecule has 0 spiro atoms. The lowest BCUT2D eigenvalue weighted by molar-refractivity contribution is 0.102. The smallest absolute Gasteiger partial charge is 0.319 e. The maximum Gasteiger partial charge on any atom is 0.319 e. The van der Waals surface area contributed by atoms with Gasteiger partial charge in [0.1, 0.15) is 12.1 Å². The van der Waals surface area contributed by atoms with E-state index >= 15 is 0 Å². The zero-order valence-electron chi connectivity index (χ0n) is 19.5. The summed E-state index contributed by atoms with van der Waals surface area (Å²) in [7, 11) is 0. The Morgan fingerprint density at radius 1 is 1.26 bits per heavy atom. The van der Waals surface area contributed by atoms with Crippen molar-refractivity contribution in [2.75, 3.05) is 17.2 Å². The fourth-order valence-electron chi connectivity index (χ4n) is 3.61. The minimum Gasteiger partial charge on any atom is -0.444 e. The van der Waals surface area contributed by atoms with Gasteiger partial charge < -0.3 is 19.9 Å². The first-order valence-corrected chi connectivity index (χ1v) is 11.5. The highest BCUT2D eigenvalue weighted by Gasteiger charge is 2.21. The number of carbonyl (C=O) groups is 1. The first-order chi connectivity index (χ1) is 17.0. The molecule has 0 radical (unpaired) electrons. The number of pyridine rings is 1. The Balaban J connectivity index is 1.30. The number of carbonyl (C=O) groups excluding carboxylic acids is 1. The molecule has 3 heterocycles. The lowest BCUT2D eigenvalue weighted by atomic mass is 10.0. The molecule has 1 fully saturated rings. The van der Waals surface area contributed by atoms with Crippen LogP contribution in [0.1, 0.15) is 48.7 Å². The Kier molecular flexibility index (Phi) is 6.02. The van der Waals surface area contributed by atoms with Crippen molar-refractivity contribution in [1.82, 2.24) is 19.7 Å². The number of benzene rings is 1. The van der Waals surface area contributed by atoms with Crippen LogP contribution < -0.4 is 10.6 Å². The van der Waals surface area contributed by atoms with Crippen LogP contribution in [0.4, 0.5) is 17.3 Å². The van der Waals surface area contributed by atoms with Gasteiger partial charge in [0.15, 0.2) is 5.69 Å². The van der Waals surface area contributed by atoms with Gasteiger partial charge in [-0.05, 0) is 59.6 Å². The van der Waals surface area contributed by atoms with E-state index in [1.807, 2.05) is 30.3 Å². The minimum atomic E-state index is -0.485. The van der Waals surface area contributed by atoms with E-state index in [0.717, 1.165) is 29.5 Å². The van der Waals surface area contributed by atoms with E-state index in [2.05, 4.69) is 44.4 Å². The van der Waals surface area contributed by atoms with Crippen molar-refractivity contribution >= 4 is 23.2 Å². The maximum atomic E-state index is 12.8. The van der Waals surface area contributed by atoms with Gasteiger partial charge in [0.25, 0.3) is 5.91 Å². The van der Waals surface area contributed by atoms with Crippen molar-refractivity contribution in [1.29, 1.82) is 0 Å². The lowest BCUT2D eigenvalue weighted by Crippen LogP contribution is -2.12. The molecule has 0 atom stereocenters. The molecule has 5 rings (SSSR count). The predicted molar refractivity (Wildman–Crippen MR) is 133 cm³/mol. The molecular weight excluding hydrogens is 442 g/mol. The summed E-state index contributed by atoms with van der Waals surface area (Å²) in [5.41, 5.74) is 3.14. The zero-order chi connectivity index (χ0) is 24.4. The van der Waals surface area contributed by atoms with Crippen molar-refractivity contribution in [2.24, 2.45) is 5.92 Å². The summed E-state index contributed by atoms with van der Waals surface area (Å²) in [6, 6.07) is 11.6. The third kappa shape index (κ3) is 5.06. The second-order valence-electron chi connectivity index (χ2n) is 8.92. The average molecular weight is 468 g/mol. The highest BCUT2D eigenvalue weighted by Crippen LogP contribution is 2.30. The number of nitrogens with one attached hydrogen (secondary N) is 2. The third-order valence-corrected chi connectivity index (χ3v) is 5.89. The summed E-state index contributed by atoms with van der Waals surface area (Å²) in [5.74, 6) is 1.81. The van der Waals surface area contributed by atoms with E-state index in [0.29, 0.717) is 17.5 Å². The second-order valence-corrected chi connectivity index (χ2v) is 8.92. The van der Waals surface area contributed by atoms with Gasteiger partial charge in [-0.3, -0.25) is 4.79 Å². The van der Waals surface area contributed by atoms with Crippen LogP contribution in [0.25, 0.3) is 22.0 Å². The summed E-state index contributed by atoms with van der Waals surface area (Å²) in [6.45, 7) is 12.6. The van der Waals surface area contributed by atoms with Gasteiger partial charge in [-0.2, -0.15) is 4.68 Å². The Morgan fingerprint density at radius 2 is 2.06 bits per heavy atom. The standard InChI is InChI=1S/C26H25N7O2/c1-16(2)18-6-8-20(9-7-18)33-14-21(24(27-3)32-33)30-25(34)22-15-35-26(31-22)19-10-11-28-23(12-19)29-13-17-4-5-17/h6-12,14-17H,4-5,13H2,1-2H3,(H,28,29)(H,30,34). The van der Waals surface area contributed by atoms with Crippen LogP contribution in [0.5, 0.6) is 0 Å². The van der Waals surface area contributed by atoms with Gasteiger partial charge in [-0.25, -0.2) is 9.97 Å². The predicted octanol–water partition coefficient (Wildman–Crippen LogP) is 5.67. The number of rotatable bonds is 8. The van der Waals surface area contributed by atoms with Gasteiger partial charge in [0, 0.05) is 18.3 Å². The van der Waals surface area contributed by atoms with Crippen LogP contribution in [-0.2, 0) is 0 Å². The van der Waals surface area contributed by atoms with Crippen LogP contribution in [0.3, 0.4) is 0 Å². The zero-order valence-corrected chi connectivity index (χ0v) is 19.5. The summed E-state index contributed by atoms with van der Waals surface area (Å²) in [6.07, 6.45) is 7.11. The highest BCUT2D eigenvalue weighted by molar-refractivity contribution is 6.04. The Labute approximate surface area is 203 Å². The average Bonchev–Trinajstić information content (AvgIpc) is 3.41. The van der Waals surface area contributed by atoms with Crippen LogP contribution in [0.2, 0.25) is 0 Å². The van der Waals surface area contributed by atoms with Crippen molar-refractivity contribution in [3.63, 3.8) is 0 Å². The quantitative estimate of drug-likeness (QED) is 0.324. The number of nitrogens with zero attached hydrogens (tertiary/aromatic N) is 5. The number of amides is 1. The molecule has 4 aromatic rings. The summed E-state index contributed by atoms with van der Waals surface area (Å²) in [5, 5.41) is 10.4. The number of oxazole rings is 1. The van der Waals surface area contributed by atoms with E-state index in [1.165, 1.54) is 24.7 Å². The molecule has 1 aliphatic carbocycles. The first kappa shape index (κ1) is 22.3. The normalized spacial score (nSPS) is 13.0. The topological polar surface area (TPSA) is 102 Å². The molecule has 9 heteroatoms. The van der Waals surface area contributed by atoms with Gasteiger partial charge in [-0.15, -0.1) is 0 Å².